The maximum atomic E-state index is 13.3. The van der Waals surface area contributed by atoms with Gasteiger partial charge in [0.2, 0.25) is 0 Å². The zero-order valence-corrected chi connectivity index (χ0v) is 22.1. The van der Waals surface area contributed by atoms with E-state index in [0.717, 1.165) is 44.9 Å². The molecule has 37 heavy (non-hydrogen) atoms. The highest BCUT2D eigenvalue weighted by Gasteiger charge is 2.45. The van der Waals surface area contributed by atoms with E-state index < -0.39 is 0 Å². The van der Waals surface area contributed by atoms with Gasteiger partial charge < -0.3 is 9.64 Å². The van der Waals surface area contributed by atoms with E-state index in [1.807, 2.05) is 11.0 Å². The van der Waals surface area contributed by atoms with E-state index >= 15 is 0 Å². The molecule has 0 spiro atoms. The average Bonchev–Trinajstić information content (AvgIpc) is 3.39. The number of benzene rings is 2. The molecule has 2 fully saturated rings. The topological polar surface area (TPSA) is 46.6 Å². The number of ether oxygens (including phenoxy) is 1. The molecular formula is C33H41NO3. The second kappa shape index (κ2) is 12.1. The number of nitrogens with zero attached hydrogens (tertiary/aromatic N) is 1. The minimum Gasteiger partial charge on any atom is -0.448 e. The van der Waals surface area contributed by atoms with E-state index in [4.69, 9.17) is 4.74 Å². The van der Waals surface area contributed by atoms with Crippen molar-refractivity contribution in [3.05, 3.63) is 72.3 Å². The third-order valence-corrected chi connectivity index (χ3v) is 8.82. The van der Waals surface area contributed by atoms with Crippen LogP contribution in [0.15, 0.2) is 61.2 Å². The van der Waals surface area contributed by atoms with Gasteiger partial charge in [-0.2, -0.15) is 0 Å². The van der Waals surface area contributed by atoms with Crippen LogP contribution < -0.4 is 0 Å². The Morgan fingerprint density at radius 3 is 2.03 bits per heavy atom. The van der Waals surface area contributed by atoms with Crippen LogP contribution in [-0.4, -0.2) is 35.5 Å². The Labute approximate surface area is 222 Å². The first kappa shape index (κ1) is 25.8. The minimum absolute atomic E-state index is 0.0788. The van der Waals surface area contributed by atoms with Crippen LogP contribution >= 0.6 is 0 Å². The largest absolute Gasteiger partial charge is 0.448 e. The van der Waals surface area contributed by atoms with E-state index in [0.29, 0.717) is 18.8 Å². The molecule has 0 radical (unpaired) electrons. The number of amides is 1. The molecule has 0 aromatic heterocycles. The molecule has 1 aliphatic carbocycles. The summed E-state index contributed by atoms with van der Waals surface area (Å²) in [6, 6.07) is 17.2. The molecule has 1 amide bonds. The number of fused-ring (bicyclic) bond motifs is 5. The highest BCUT2D eigenvalue weighted by Crippen LogP contribution is 2.45. The molecule has 196 valence electrons. The highest BCUT2D eigenvalue weighted by atomic mass is 16.6. The summed E-state index contributed by atoms with van der Waals surface area (Å²) in [6.45, 7) is 4.14. The molecule has 2 atom stereocenters. The van der Waals surface area contributed by atoms with Crippen LogP contribution in [0.25, 0.3) is 11.1 Å². The summed E-state index contributed by atoms with van der Waals surface area (Å²) in [7, 11) is 0. The first-order chi connectivity index (χ1) is 18.2. The molecule has 3 aliphatic rings. The molecule has 2 bridgehead atoms. The quantitative estimate of drug-likeness (QED) is 0.219. The molecule has 2 heterocycles. The van der Waals surface area contributed by atoms with Crippen LogP contribution in [0.5, 0.6) is 0 Å². The van der Waals surface area contributed by atoms with Gasteiger partial charge in [0.15, 0.2) is 0 Å². The zero-order valence-electron chi connectivity index (χ0n) is 22.1. The Bertz CT molecular complexity index is 1050. The molecule has 0 N–H and O–H groups in total. The van der Waals surface area contributed by atoms with Gasteiger partial charge in [-0.1, -0.05) is 80.3 Å². The van der Waals surface area contributed by atoms with Crippen LogP contribution in [0.3, 0.4) is 0 Å². The number of hydrogen-bond acceptors (Lipinski definition) is 3. The predicted molar refractivity (Wildman–Crippen MR) is 149 cm³/mol. The number of piperidine rings is 1. The van der Waals surface area contributed by atoms with E-state index in [2.05, 4.69) is 55.1 Å². The van der Waals surface area contributed by atoms with Crippen molar-refractivity contribution < 1.29 is 14.3 Å². The average molecular weight is 500 g/mol. The number of rotatable bonds is 12. The summed E-state index contributed by atoms with van der Waals surface area (Å²) >= 11 is 0. The zero-order chi connectivity index (χ0) is 25.6. The summed E-state index contributed by atoms with van der Waals surface area (Å²) in [5.41, 5.74) is 4.96. The minimum atomic E-state index is -0.197. The number of carbonyl (C=O) groups excluding carboxylic acids is 2. The van der Waals surface area contributed by atoms with Gasteiger partial charge in [-0.05, 0) is 67.2 Å². The van der Waals surface area contributed by atoms with Crippen LogP contribution in [-0.2, 0) is 9.53 Å². The van der Waals surface area contributed by atoms with Crippen molar-refractivity contribution in [1.29, 1.82) is 0 Å². The first-order valence-electron chi connectivity index (χ1n) is 14.4. The lowest BCUT2D eigenvalue weighted by Crippen LogP contribution is -2.48. The number of Topliss-reactive ketones (excluding diaryl/α,β-unsaturated/α-hetero) is 1. The Balaban J connectivity index is 1.10. The van der Waals surface area contributed by atoms with Gasteiger partial charge in [0.1, 0.15) is 12.4 Å². The van der Waals surface area contributed by atoms with E-state index in [1.165, 1.54) is 47.9 Å². The van der Waals surface area contributed by atoms with Crippen molar-refractivity contribution >= 4 is 11.9 Å². The Kier molecular flexibility index (Phi) is 8.43. The van der Waals surface area contributed by atoms with Crippen molar-refractivity contribution in [1.82, 2.24) is 4.90 Å². The van der Waals surface area contributed by atoms with Gasteiger partial charge >= 0.3 is 6.09 Å². The van der Waals surface area contributed by atoms with E-state index in [-0.39, 0.29) is 30.0 Å². The van der Waals surface area contributed by atoms with Crippen LogP contribution in [0.1, 0.15) is 94.1 Å². The maximum Gasteiger partial charge on any atom is 0.410 e. The van der Waals surface area contributed by atoms with Crippen molar-refractivity contribution in [3.8, 4) is 11.1 Å². The number of carbonyl (C=O) groups is 2. The smallest absolute Gasteiger partial charge is 0.410 e. The molecular weight excluding hydrogens is 458 g/mol. The third kappa shape index (κ3) is 5.68. The lowest BCUT2D eigenvalue weighted by molar-refractivity contribution is -0.125. The van der Waals surface area contributed by atoms with Crippen molar-refractivity contribution in [3.63, 3.8) is 0 Å². The molecule has 2 saturated heterocycles. The lowest BCUT2D eigenvalue weighted by atomic mass is 9.85. The van der Waals surface area contributed by atoms with Gasteiger partial charge in [-0.3, -0.25) is 4.79 Å². The summed E-state index contributed by atoms with van der Waals surface area (Å²) < 4.78 is 5.98. The van der Waals surface area contributed by atoms with E-state index in [1.54, 1.807) is 0 Å². The Morgan fingerprint density at radius 1 is 0.838 bits per heavy atom. The number of unbranched alkanes of at least 4 members (excludes halogenated alkanes) is 6. The monoisotopic (exact) mass is 499 g/mol. The predicted octanol–water partition coefficient (Wildman–Crippen LogP) is 8.05. The fourth-order valence-electron chi connectivity index (χ4n) is 6.91. The summed E-state index contributed by atoms with van der Waals surface area (Å²) in [6.07, 6.45) is 14.3. The summed E-state index contributed by atoms with van der Waals surface area (Å²) in [4.78, 5) is 28.2. The normalized spacial score (nSPS) is 21.9. The Morgan fingerprint density at radius 2 is 1.41 bits per heavy atom. The van der Waals surface area contributed by atoms with Gasteiger partial charge in [0, 0.05) is 30.3 Å². The first-order valence-corrected chi connectivity index (χ1v) is 14.4. The maximum absolute atomic E-state index is 13.3. The van der Waals surface area contributed by atoms with Crippen molar-refractivity contribution in [2.75, 3.05) is 6.61 Å². The van der Waals surface area contributed by atoms with Gasteiger partial charge in [-0.15, -0.1) is 6.58 Å². The standard InChI is InChI=1S/C33H41NO3/c1-2-3-4-5-6-7-8-9-18-32(35)24-21-25-19-20-26(22-24)34(25)33(36)37-23-31-29-16-12-10-14-27(29)28-15-11-13-17-30(28)31/h2,10-17,24-26,31H,1,3-9,18-23H2. The molecule has 2 aromatic rings. The summed E-state index contributed by atoms with van der Waals surface area (Å²) in [5.74, 6) is 0.605. The molecule has 4 heteroatoms. The third-order valence-electron chi connectivity index (χ3n) is 8.82. The van der Waals surface area contributed by atoms with Crippen molar-refractivity contribution in [2.45, 2.75) is 95.1 Å². The molecule has 5 rings (SSSR count). The molecule has 2 aromatic carbocycles. The number of ketones is 1. The number of hydrogen-bond donors (Lipinski definition) is 0. The summed E-state index contributed by atoms with van der Waals surface area (Å²) in [5, 5.41) is 0. The fourth-order valence-corrected chi connectivity index (χ4v) is 6.91. The molecule has 4 nitrogen and oxygen atoms in total. The highest BCUT2D eigenvalue weighted by molar-refractivity contribution is 5.82. The lowest BCUT2D eigenvalue weighted by Gasteiger charge is -2.37. The van der Waals surface area contributed by atoms with Gasteiger partial charge in [0.25, 0.3) is 0 Å². The fraction of sp³-hybridized carbons (Fsp3) is 0.515. The van der Waals surface area contributed by atoms with Gasteiger partial charge in [0.05, 0.1) is 0 Å². The second-order valence-electron chi connectivity index (χ2n) is 11.2. The second-order valence-corrected chi connectivity index (χ2v) is 11.2. The Hall–Kier alpha value is -2.88. The van der Waals surface area contributed by atoms with Crippen LogP contribution in [0.2, 0.25) is 0 Å². The molecule has 0 saturated carbocycles. The van der Waals surface area contributed by atoms with Crippen LogP contribution in [0, 0.1) is 5.92 Å². The SMILES string of the molecule is C=CCCCCCCCCC(=O)C1CC2CCC(C1)N2C(=O)OCC1c2ccccc2-c2ccccc21. The van der Waals surface area contributed by atoms with Crippen LogP contribution in [0.4, 0.5) is 4.79 Å². The van der Waals surface area contributed by atoms with E-state index in [9.17, 15) is 9.59 Å². The van der Waals surface area contributed by atoms with Crippen molar-refractivity contribution in [2.24, 2.45) is 5.92 Å². The molecule has 2 aliphatic heterocycles. The number of allylic oxidation sites excluding steroid dienone is 1. The van der Waals surface area contributed by atoms with Gasteiger partial charge in [-0.25, -0.2) is 4.79 Å². The molecule has 2 unspecified atom stereocenters.